The molecule has 0 fully saturated rings. The van der Waals surface area contributed by atoms with Crippen molar-refractivity contribution in [2.45, 2.75) is 19.9 Å². The van der Waals surface area contributed by atoms with E-state index in [1.54, 1.807) is 48.5 Å². The molecule has 0 saturated heterocycles. The fourth-order valence-electron chi connectivity index (χ4n) is 2.97. The van der Waals surface area contributed by atoms with Crippen LogP contribution in [0, 0.1) is 0 Å². The van der Waals surface area contributed by atoms with E-state index in [9.17, 15) is 19.2 Å². The molecule has 0 unspecified atom stereocenters. The molecule has 144 valence electrons. The van der Waals surface area contributed by atoms with Gasteiger partial charge in [0.05, 0.1) is 24.2 Å². The first-order chi connectivity index (χ1) is 13.5. The molecule has 7 heteroatoms. The number of hydrogen-bond acceptors (Lipinski definition) is 4. The first kappa shape index (κ1) is 19.3. The van der Waals surface area contributed by atoms with Gasteiger partial charge in [-0.05, 0) is 36.2 Å². The molecule has 1 aliphatic heterocycles. The Balaban J connectivity index is 1.66. The fraction of sp³-hybridized carbons (Fsp3) is 0.238. The minimum atomic E-state index is -0.393. The molecule has 2 aromatic carbocycles. The van der Waals surface area contributed by atoms with E-state index in [0.29, 0.717) is 28.8 Å². The summed E-state index contributed by atoms with van der Waals surface area (Å²) in [6.07, 6.45) is 0.819. The average Bonchev–Trinajstić information content (AvgIpc) is 2.96. The van der Waals surface area contributed by atoms with Crippen molar-refractivity contribution in [2.75, 3.05) is 13.1 Å². The van der Waals surface area contributed by atoms with Crippen LogP contribution in [-0.4, -0.2) is 41.6 Å². The third-order valence-corrected chi connectivity index (χ3v) is 4.39. The van der Waals surface area contributed by atoms with Crippen molar-refractivity contribution in [3.05, 3.63) is 70.8 Å². The van der Waals surface area contributed by atoms with Crippen LogP contribution in [-0.2, 0) is 11.3 Å². The Labute approximate surface area is 162 Å². The molecule has 0 aliphatic carbocycles. The van der Waals surface area contributed by atoms with Gasteiger partial charge >= 0.3 is 0 Å². The first-order valence-electron chi connectivity index (χ1n) is 9.10. The number of carbonyl (C=O) groups excluding carboxylic acids is 4. The summed E-state index contributed by atoms with van der Waals surface area (Å²) in [5, 5.41) is 5.24. The molecule has 4 amide bonds. The van der Waals surface area contributed by atoms with Crippen LogP contribution in [0.5, 0.6) is 0 Å². The van der Waals surface area contributed by atoms with Gasteiger partial charge in [0, 0.05) is 12.1 Å². The lowest BCUT2D eigenvalue weighted by molar-refractivity contribution is -0.120. The Morgan fingerprint density at radius 3 is 2.25 bits per heavy atom. The van der Waals surface area contributed by atoms with Gasteiger partial charge in [-0.1, -0.05) is 31.2 Å². The highest BCUT2D eigenvalue weighted by atomic mass is 16.2. The fourth-order valence-corrected chi connectivity index (χ4v) is 2.97. The summed E-state index contributed by atoms with van der Waals surface area (Å²) in [5.74, 6) is -1.33. The van der Waals surface area contributed by atoms with E-state index in [4.69, 9.17) is 0 Å². The molecule has 2 aromatic rings. The third kappa shape index (κ3) is 4.09. The van der Waals surface area contributed by atoms with Crippen LogP contribution >= 0.6 is 0 Å². The van der Waals surface area contributed by atoms with E-state index in [-0.39, 0.29) is 30.8 Å². The molecule has 1 heterocycles. The van der Waals surface area contributed by atoms with Crippen molar-refractivity contribution in [3.63, 3.8) is 0 Å². The number of nitrogens with zero attached hydrogens (tertiary/aromatic N) is 1. The number of carbonyl (C=O) groups is 4. The van der Waals surface area contributed by atoms with Gasteiger partial charge in [-0.3, -0.25) is 24.1 Å². The van der Waals surface area contributed by atoms with E-state index in [0.717, 1.165) is 6.42 Å². The normalized spacial score (nSPS) is 12.7. The van der Waals surface area contributed by atoms with Crippen LogP contribution < -0.4 is 10.6 Å². The maximum absolute atomic E-state index is 12.5. The molecule has 2 N–H and O–H groups in total. The van der Waals surface area contributed by atoms with Gasteiger partial charge in [0.25, 0.3) is 17.7 Å². The Kier molecular flexibility index (Phi) is 5.84. The summed E-state index contributed by atoms with van der Waals surface area (Å²) < 4.78 is 0. The second-order valence-corrected chi connectivity index (χ2v) is 6.48. The topological polar surface area (TPSA) is 95.6 Å². The first-order valence-corrected chi connectivity index (χ1v) is 9.10. The maximum atomic E-state index is 12.5. The molecule has 3 rings (SSSR count). The van der Waals surface area contributed by atoms with Gasteiger partial charge in [0.1, 0.15) is 0 Å². The number of imide groups is 1. The van der Waals surface area contributed by atoms with Crippen LogP contribution in [0.15, 0.2) is 48.5 Å². The number of benzene rings is 2. The van der Waals surface area contributed by atoms with Crippen LogP contribution in [0.3, 0.4) is 0 Å². The van der Waals surface area contributed by atoms with Crippen molar-refractivity contribution in [3.8, 4) is 0 Å². The van der Waals surface area contributed by atoms with Crippen LogP contribution in [0.2, 0.25) is 0 Å². The minimum absolute atomic E-state index is 0.0739. The summed E-state index contributed by atoms with van der Waals surface area (Å²) in [7, 11) is 0. The van der Waals surface area contributed by atoms with Gasteiger partial charge in [-0.15, -0.1) is 0 Å². The number of hydrogen-bond donors (Lipinski definition) is 2. The van der Waals surface area contributed by atoms with Gasteiger partial charge < -0.3 is 10.6 Å². The van der Waals surface area contributed by atoms with Gasteiger partial charge in [-0.2, -0.15) is 0 Å². The predicted molar refractivity (Wildman–Crippen MR) is 103 cm³/mol. The Morgan fingerprint density at radius 2 is 1.61 bits per heavy atom. The monoisotopic (exact) mass is 379 g/mol. The van der Waals surface area contributed by atoms with E-state index in [2.05, 4.69) is 10.6 Å². The summed E-state index contributed by atoms with van der Waals surface area (Å²) in [6.45, 7) is 2.47. The second kappa shape index (κ2) is 8.47. The summed E-state index contributed by atoms with van der Waals surface area (Å²) in [4.78, 5) is 50.0. The molecule has 28 heavy (non-hydrogen) atoms. The van der Waals surface area contributed by atoms with Crippen molar-refractivity contribution >= 4 is 23.6 Å². The molecule has 0 radical (unpaired) electrons. The minimum Gasteiger partial charge on any atom is -0.355 e. The summed E-state index contributed by atoms with van der Waals surface area (Å²) in [5.41, 5.74) is 1.79. The summed E-state index contributed by atoms with van der Waals surface area (Å²) in [6, 6.07) is 13.3. The number of fused-ring (bicyclic) bond motifs is 1. The lowest BCUT2D eigenvalue weighted by atomic mass is 10.1. The van der Waals surface area contributed by atoms with Crippen LogP contribution in [0.25, 0.3) is 0 Å². The molecule has 1 aliphatic rings. The zero-order valence-electron chi connectivity index (χ0n) is 15.5. The number of rotatable bonds is 7. The Bertz CT molecular complexity index is 904. The van der Waals surface area contributed by atoms with Crippen LogP contribution in [0.1, 0.15) is 50.0 Å². The lowest BCUT2D eigenvalue weighted by Gasteiger charge is -2.14. The highest BCUT2D eigenvalue weighted by Gasteiger charge is 2.34. The number of nitrogens with one attached hydrogen (secondary N) is 2. The highest BCUT2D eigenvalue weighted by Crippen LogP contribution is 2.24. The molecule has 0 aromatic heterocycles. The lowest BCUT2D eigenvalue weighted by Crippen LogP contribution is -2.37. The van der Waals surface area contributed by atoms with E-state index >= 15 is 0 Å². The molecule has 0 saturated carbocycles. The smallest absolute Gasteiger partial charge is 0.261 e. The van der Waals surface area contributed by atoms with Crippen molar-refractivity contribution in [2.24, 2.45) is 0 Å². The van der Waals surface area contributed by atoms with E-state index < -0.39 is 5.91 Å². The van der Waals surface area contributed by atoms with Crippen LogP contribution in [0.4, 0.5) is 0 Å². The van der Waals surface area contributed by atoms with E-state index in [1.165, 1.54) is 4.90 Å². The second-order valence-electron chi connectivity index (χ2n) is 6.48. The standard InChI is InChI=1S/C21H21N3O4/c1-2-10-22-18(25)12-23-19(26)15-7-5-6-14(11-15)13-24-20(27)16-8-3-4-9-17(16)21(24)28/h3-9,11H,2,10,12-13H2,1H3,(H,22,25)(H,23,26). The van der Waals surface area contributed by atoms with Gasteiger partial charge in [-0.25, -0.2) is 0 Å². The molecule has 0 spiro atoms. The van der Waals surface area contributed by atoms with E-state index in [1.807, 2.05) is 6.92 Å². The zero-order chi connectivity index (χ0) is 20.1. The number of amides is 4. The Hall–Kier alpha value is -3.48. The Morgan fingerprint density at radius 1 is 0.929 bits per heavy atom. The summed E-state index contributed by atoms with van der Waals surface area (Å²) >= 11 is 0. The van der Waals surface area contributed by atoms with Crippen molar-refractivity contribution < 1.29 is 19.2 Å². The zero-order valence-corrected chi connectivity index (χ0v) is 15.5. The average molecular weight is 379 g/mol. The molecule has 0 atom stereocenters. The largest absolute Gasteiger partial charge is 0.355 e. The third-order valence-electron chi connectivity index (χ3n) is 4.39. The SMILES string of the molecule is CCCNC(=O)CNC(=O)c1cccc(CN2C(=O)c3ccccc3C2=O)c1. The molecule has 0 bridgehead atoms. The maximum Gasteiger partial charge on any atom is 0.261 e. The molecule has 7 nitrogen and oxygen atoms in total. The van der Waals surface area contributed by atoms with Gasteiger partial charge in [0.15, 0.2) is 0 Å². The molecular formula is C21H21N3O4. The highest BCUT2D eigenvalue weighted by molar-refractivity contribution is 6.21. The predicted octanol–water partition coefficient (Wildman–Crippen LogP) is 1.74. The van der Waals surface area contributed by atoms with Crippen molar-refractivity contribution in [1.29, 1.82) is 0 Å². The van der Waals surface area contributed by atoms with Crippen molar-refractivity contribution in [1.82, 2.24) is 15.5 Å². The molecular weight excluding hydrogens is 358 g/mol. The quantitative estimate of drug-likeness (QED) is 0.717. The van der Waals surface area contributed by atoms with Gasteiger partial charge in [0.2, 0.25) is 5.91 Å².